The predicted octanol–water partition coefficient (Wildman–Crippen LogP) is 3.85. The normalized spacial score (nSPS) is 10.6. The molecule has 0 aliphatic carbocycles. The number of rotatable bonds is 5. The monoisotopic (exact) mass is 372 g/mol. The Kier molecular flexibility index (Phi) is 8.32. The molecule has 0 unspecified atom stereocenters. The first-order valence-corrected chi connectivity index (χ1v) is 8.96. The Bertz CT molecular complexity index is 770. The van der Waals surface area contributed by atoms with Gasteiger partial charge in [-0.2, -0.15) is 0 Å². The van der Waals surface area contributed by atoms with Gasteiger partial charge in [-0.05, 0) is 62.4 Å². The molecule has 5 nitrogen and oxygen atoms in total. The van der Waals surface area contributed by atoms with E-state index in [0.717, 1.165) is 33.6 Å². The van der Waals surface area contributed by atoms with E-state index in [4.69, 9.17) is 10.5 Å². The lowest BCUT2D eigenvalue weighted by molar-refractivity contribution is -0.150. The van der Waals surface area contributed by atoms with Gasteiger partial charge in [-0.3, -0.25) is 4.79 Å². The molecule has 5 heteroatoms. The van der Waals surface area contributed by atoms with Gasteiger partial charge in [0.25, 0.3) is 0 Å². The van der Waals surface area contributed by atoms with Gasteiger partial charge >= 0.3 is 5.97 Å². The van der Waals surface area contributed by atoms with Crippen molar-refractivity contribution >= 4 is 17.3 Å². The van der Waals surface area contributed by atoms with Crippen molar-refractivity contribution in [3.05, 3.63) is 58.7 Å². The maximum absolute atomic E-state index is 11.6. The van der Waals surface area contributed by atoms with Crippen LogP contribution in [0.25, 0.3) is 0 Å². The summed E-state index contributed by atoms with van der Waals surface area (Å²) >= 11 is 0. The van der Waals surface area contributed by atoms with Crippen molar-refractivity contribution in [1.29, 1.82) is 0 Å². The summed E-state index contributed by atoms with van der Waals surface area (Å²) in [6.45, 7) is 7.70. The van der Waals surface area contributed by atoms with E-state index in [1.165, 1.54) is 7.11 Å². The van der Waals surface area contributed by atoms with Crippen LogP contribution in [0.3, 0.4) is 0 Å². The van der Waals surface area contributed by atoms with Crippen LogP contribution in [-0.2, 0) is 22.6 Å². The molecule has 4 N–H and O–H groups in total. The van der Waals surface area contributed by atoms with Crippen LogP contribution in [0.1, 0.15) is 36.1 Å². The van der Waals surface area contributed by atoms with Gasteiger partial charge in [-0.25, -0.2) is 0 Å². The van der Waals surface area contributed by atoms with Crippen LogP contribution in [0.5, 0.6) is 0 Å². The first-order chi connectivity index (χ1) is 12.7. The van der Waals surface area contributed by atoms with Gasteiger partial charge in [0.15, 0.2) is 0 Å². The van der Waals surface area contributed by atoms with Gasteiger partial charge in [-0.1, -0.05) is 30.3 Å². The minimum absolute atomic E-state index is 0.0261. The topological polar surface area (TPSA) is 84.6 Å². The van der Waals surface area contributed by atoms with Crippen molar-refractivity contribution in [3.63, 3.8) is 0 Å². The van der Waals surface area contributed by atoms with E-state index in [0.29, 0.717) is 6.42 Å². The molecule has 0 amide bonds. The Labute approximate surface area is 162 Å². The zero-order valence-corrected chi connectivity index (χ0v) is 17.2. The van der Waals surface area contributed by atoms with Gasteiger partial charge in [-0.15, -0.1) is 0 Å². The highest BCUT2D eigenvalue weighted by Gasteiger charge is 2.28. The number of carbonyl (C=O) groups is 1. The number of aryl methyl sites for hydroxylation is 2. The summed E-state index contributed by atoms with van der Waals surface area (Å²) in [5, 5.41) is 12.2. The van der Waals surface area contributed by atoms with Crippen molar-refractivity contribution in [2.75, 3.05) is 25.2 Å². The summed E-state index contributed by atoms with van der Waals surface area (Å²) in [4.78, 5) is 11.6. The Morgan fingerprint density at radius 1 is 1.19 bits per heavy atom. The van der Waals surface area contributed by atoms with E-state index < -0.39 is 5.41 Å². The highest BCUT2D eigenvalue weighted by Crippen LogP contribution is 2.25. The molecule has 0 saturated heterocycles. The lowest BCUT2D eigenvalue weighted by Crippen LogP contribution is -2.28. The lowest BCUT2D eigenvalue weighted by atomic mass is 9.85. The maximum atomic E-state index is 11.6. The zero-order valence-electron chi connectivity index (χ0n) is 17.2. The number of nitrogens with one attached hydrogen (secondary N) is 1. The second kappa shape index (κ2) is 9.97. The summed E-state index contributed by atoms with van der Waals surface area (Å²) in [6, 6.07) is 11.8. The van der Waals surface area contributed by atoms with E-state index in [9.17, 15) is 9.90 Å². The van der Waals surface area contributed by atoms with Gasteiger partial charge in [0.05, 0.1) is 30.5 Å². The van der Waals surface area contributed by atoms with Crippen molar-refractivity contribution in [1.82, 2.24) is 0 Å². The molecule has 0 atom stereocenters. The van der Waals surface area contributed by atoms with Crippen LogP contribution in [0.4, 0.5) is 11.4 Å². The smallest absolute Gasteiger partial charge is 0.311 e. The Morgan fingerprint density at radius 2 is 1.85 bits per heavy atom. The molecular weight excluding hydrogens is 340 g/mol. The maximum Gasteiger partial charge on any atom is 0.311 e. The molecule has 0 aromatic heterocycles. The van der Waals surface area contributed by atoms with E-state index in [1.807, 2.05) is 71.1 Å². The molecule has 2 aromatic rings. The standard InChI is InChI=1S/C14H20O3.C8H12N2/c1-10-5-6-11(7-12(10)9-15)8-14(2,3)13(16)17-4;1-6-4-3-5-7(10-2)8(6)9/h5-7,15H,8-9H2,1-4H3;3-5,10H,9H2,1-2H3. The largest absolute Gasteiger partial charge is 0.469 e. The van der Waals surface area contributed by atoms with Gasteiger partial charge in [0.2, 0.25) is 0 Å². The Hall–Kier alpha value is -2.53. The fourth-order valence-electron chi connectivity index (χ4n) is 2.76. The first-order valence-electron chi connectivity index (χ1n) is 8.96. The second-order valence-electron chi connectivity index (χ2n) is 7.26. The molecule has 0 spiro atoms. The number of ether oxygens (including phenoxy) is 1. The number of aliphatic hydroxyl groups excluding tert-OH is 1. The number of carbonyl (C=O) groups excluding carboxylic acids is 1. The SMILES string of the molecule is CNc1cccc(C)c1N.COC(=O)C(C)(C)Cc1ccc(C)c(CO)c1. The molecule has 148 valence electrons. The second-order valence-corrected chi connectivity index (χ2v) is 7.26. The van der Waals surface area contributed by atoms with E-state index in [1.54, 1.807) is 0 Å². The quantitative estimate of drug-likeness (QED) is 0.548. The molecule has 0 aliphatic rings. The predicted molar refractivity (Wildman–Crippen MR) is 112 cm³/mol. The summed E-state index contributed by atoms with van der Waals surface area (Å²) in [5.41, 5.74) is 11.1. The summed E-state index contributed by atoms with van der Waals surface area (Å²) < 4.78 is 4.78. The third kappa shape index (κ3) is 6.29. The number of hydrogen-bond acceptors (Lipinski definition) is 5. The third-order valence-corrected chi connectivity index (χ3v) is 4.56. The Morgan fingerprint density at radius 3 is 2.37 bits per heavy atom. The molecule has 2 aromatic carbocycles. The number of aliphatic hydroxyl groups is 1. The molecule has 27 heavy (non-hydrogen) atoms. The van der Waals surface area contributed by atoms with Crippen LogP contribution in [-0.4, -0.2) is 25.2 Å². The fourth-order valence-corrected chi connectivity index (χ4v) is 2.76. The van der Waals surface area contributed by atoms with Crippen molar-refractivity contribution in [3.8, 4) is 0 Å². The summed E-state index contributed by atoms with van der Waals surface area (Å²) in [6.07, 6.45) is 0.604. The number of hydrogen-bond donors (Lipinski definition) is 3. The van der Waals surface area contributed by atoms with E-state index in [2.05, 4.69) is 5.32 Å². The molecule has 0 radical (unpaired) electrons. The van der Waals surface area contributed by atoms with Crippen LogP contribution in [0, 0.1) is 19.3 Å². The first kappa shape index (κ1) is 22.5. The highest BCUT2D eigenvalue weighted by molar-refractivity contribution is 5.76. The number of anilines is 2. The number of nitrogen functional groups attached to an aromatic ring is 1. The van der Waals surface area contributed by atoms with Gasteiger partial charge in [0.1, 0.15) is 0 Å². The van der Waals surface area contributed by atoms with Crippen molar-refractivity contribution in [2.24, 2.45) is 5.41 Å². The molecule has 0 saturated carbocycles. The number of benzene rings is 2. The highest BCUT2D eigenvalue weighted by atomic mass is 16.5. The van der Waals surface area contributed by atoms with Crippen LogP contribution >= 0.6 is 0 Å². The van der Waals surface area contributed by atoms with Crippen molar-refractivity contribution in [2.45, 2.75) is 40.7 Å². The summed E-state index contributed by atoms with van der Waals surface area (Å²) in [7, 11) is 3.27. The molecule has 2 rings (SSSR count). The molecular formula is C22H32N2O3. The average Bonchev–Trinajstić information content (AvgIpc) is 2.65. The zero-order chi connectivity index (χ0) is 20.6. The fraction of sp³-hybridized carbons (Fsp3) is 0.409. The third-order valence-electron chi connectivity index (χ3n) is 4.56. The van der Waals surface area contributed by atoms with E-state index >= 15 is 0 Å². The number of nitrogens with two attached hydrogens (primary N) is 1. The van der Waals surface area contributed by atoms with Gasteiger partial charge in [0, 0.05) is 7.05 Å². The average molecular weight is 373 g/mol. The molecule has 0 fully saturated rings. The van der Waals surface area contributed by atoms with Crippen LogP contribution < -0.4 is 11.1 Å². The molecule has 0 heterocycles. The lowest BCUT2D eigenvalue weighted by Gasteiger charge is -2.21. The van der Waals surface area contributed by atoms with Crippen molar-refractivity contribution < 1.29 is 14.6 Å². The minimum atomic E-state index is -0.545. The Balaban J connectivity index is 0.000000309. The molecule has 0 aliphatic heterocycles. The van der Waals surface area contributed by atoms with Crippen LogP contribution in [0.2, 0.25) is 0 Å². The van der Waals surface area contributed by atoms with Crippen LogP contribution in [0.15, 0.2) is 36.4 Å². The number of methoxy groups -OCH3 is 1. The number of esters is 1. The number of para-hydroxylation sites is 1. The van der Waals surface area contributed by atoms with E-state index in [-0.39, 0.29) is 12.6 Å². The summed E-state index contributed by atoms with van der Waals surface area (Å²) in [5.74, 6) is -0.219. The minimum Gasteiger partial charge on any atom is -0.469 e. The van der Waals surface area contributed by atoms with Gasteiger partial charge < -0.3 is 20.9 Å². The molecule has 0 bridgehead atoms.